The Morgan fingerprint density at radius 2 is 2.12 bits per heavy atom. The van der Waals surface area contributed by atoms with E-state index in [2.05, 4.69) is 31.2 Å². The lowest BCUT2D eigenvalue weighted by molar-refractivity contribution is 0.145. The molecule has 2 heteroatoms. The van der Waals surface area contributed by atoms with Crippen LogP contribution in [0.1, 0.15) is 30.9 Å². The molecule has 1 aromatic rings. The Hall–Kier alpha value is -1.28. The highest BCUT2D eigenvalue weighted by Crippen LogP contribution is 2.21. The predicted molar refractivity (Wildman–Crippen MR) is 72.5 cm³/mol. The van der Waals surface area contributed by atoms with Crippen molar-refractivity contribution >= 4 is 6.08 Å². The largest absolute Gasteiger partial charge is 0.496 e. The second kappa shape index (κ2) is 7.91. The van der Waals surface area contributed by atoms with Crippen LogP contribution in [0.15, 0.2) is 24.3 Å². The van der Waals surface area contributed by atoms with Gasteiger partial charge in [0, 0.05) is 18.8 Å². The molecule has 0 saturated carbocycles. The maximum Gasteiger partial charge on any atom is 0.126 e. The molecule has 1 aromatic carbocycles. The van der Waals surface area contributed by atoms with Gasteiger partial charge in [-0.2, -0.15) is 0 Å². The lowest BCUT2D eigenvalue weighted by Gasteiger charge is -2.05. The van der Waals surface area contributed by atoms with Crippen molar-refractivity contribution in [3.63, 3.8) is 0 Å². The van der Waals surface area contributed by atoms with Gasteiger partial charge in [-0.1, -0.05) is 23.8 Å². The zero-order valence-electron chi connectivity index (χ0n) is 11.0. The highest BCUT2D eigenvalue weighted by Gasteiger charge is 1.98. The van der Waals surface area contributed by atoms with Crippen molar-refractivity contribution in [3.05, 3.63) is 35.4 Å². The highest BCUT2D eigenvalue weighted by atomic mass is 16.5. The summed E-state index contributed by atoms with van der Waals surface area (Å²) in [6.07, 6.45) is 6.41. The van der Waals surface area contributed by atoms with Gasteiger partial charge in [-0.05, 0) is 38.8 Å². The third-order valence-corrected chi connectivity index (χ3v) is 2.55. The molecule has 0 N–H and O–H groups in total. The first-order valence-corrected chi connectivity index (χ1v) is 6.17. The summed E-state index contributed by atoms with van der Waals surface area (Å²) < 4.78 is 10.6. The summed E-state index contributed by atoms with van der Waals surface area (Å²) in [5.41, 5.74) is 2.39. The molecule has 0 spiro atoms. The average Bonchev–Trinajstić information content (AvgIpc) is 2.34. The van der Waals surface area contributed by atoms with E-state index < -0.39 is 0 Å². The van der Waals surface area contributed by atoms with Crippen molar-refractivity contribution < 1.29 is 9.47 Å². The Labute approximate surface area is 104 Å². The summed E-state index contributed by atoms with van der Waals surface area (Å²) in [4.78, 5) is 0. The van der Waals surface area contributed by atoms with Crippen molar-refractivity contribution in [2.45, 2.75) is 26.7 Å². The summed E-state index contributed by atoms with van der Waals surface area (Å²) >= 11 is 0. The molecule has 0 aliphatic heterocycles. The van der Waals surface area contributed by atoms with E-state index >= 15 is 0 Å². The van der Waals surface area contributed by atoms with E-state index in [-0.39, 0.29) is 0 Å². The van der Waals surface area contributed by atoms with Gasteiger partial charge in [0.2, 0.25) is 0 Å². The van der Waals surface area contributed by atoms with Crippen LogP contribution in [0, 0.1) is 6.92 Å². The van der Waals surface area contributed by atoms with Gasteiger partial charge >= 0.3 is 0 Å². The van der Waals surface area contributed by atoms with E-state index in [1.165, 1.54) is 5.56 Å². The normalized spacial score (nSPS) is 11.0. The summed E-state index contributed by atoms with van der Waals surface area (Å²) in [6, 6.07) is 6.21. The number of aryl methyl sites for hydroxylation is 1. The van der Waals surface area contributed by atoms with Crippen molar-refractivity contribution in [1.29, 1.82) is 0 Å². The molecule has 0 aliphatic carbocycles. The Balaban J connectivity index is 2.49. The van der Waals surface area contributed by atoms with Crippen LogP contribution in [0.25, 0.3) is 6.08 Å². The number of allylic oxidation sites excluding steroid dienone is 1. The SMILES string of the molecule is CCOCCC/C=C/c1cc(C)ccc1OC. The van der Waals surface area contributed by atoms with E-state index in [9.17, 15) is 0 Å². The first-order chi connectivity index (χ1) is 8.27. The fourth-order valence-corrected chi connectivity index (χ4v) is 1.64. The minimum absolute atomic E-state index is 0.801. The van der Waals surface area contributed by atoms with Gasteiger partial charge < -0.3 is 9.47 Å². The first kappa shape index (κ1) is 13.8. The molecule has 94 valence electrons. The second-order valence-electron chi connectivity index (χ2n) is 3.99. The van der Waals surface area contributed by atoms with Gasteiger partial charge in [0.15, 0.2) is 0 Å². The molecular formula is C15H22O2. The zero-order chi connectivity index (χ0) is 12.5. The predicted octanol–water partition coefficient (Wildman–Crippen LogP) is 3.83. The van der Waals surface area contributed by atoms with E-state index in [1.807, 2.05) is 13.0 Å². The number of methoxy groups -OCH3 is 1. The molecule has 17 heavy (non-hydrogen) atoms. The van der Waals surface area contributed by atoms with Crippen LogP contribution < -0.4 is 4.74 Å². The van der Waals surface area contributed by atoms with Crippen molar-refractivity contribution in [2.24, 2.45) is 0 Å². The molecule has 0 radical (unpaired) electrons. The monoisotopic (exact) mass is 234 g/mol. The van der Waals surface area contributed by atoms with Gasteiger partial charge in [0.1, 0.15) is 5.75 Å². The molecule has 0 bridgehead atoms. The fourth-order valence-electron chi connectivity index (χ4n) is 1.64. The molecule has 0 heterocycles. The number of hydrogen-bond donors (Lipinski definition) is 0. The lowest BCUT2D eigenvalue weighted by Crippen LogP contribution is -1.91. The Kier molecular flexibility index (Phi) is 6.41. The summed E-state index contributed by atoms with van der Waals surface area (Å²) in [6.45, 7) is 5.75. The molecule has 0 atom stereocenters. The van der Waals surface area contributed by atoms with E-state index in [1.54, 1.807) is 7.11 Å². The van der Waals surface area contributed by atoms with Crippen molar-refractivity contribution in [1.82, 2.24) is 0 Å². The fraction of sp³-hybridized carbons (Fsp3) is 0.467. The van der Waals surface area contributed by atoms with E-state index in [0.717, 1.165) is 37.4 Å². The van der Waals surface area contributed by atoms with E-state index in [4.69, 9.17) is 9.47 Å². The van der Waals surface area contributed by atoms with E-state index in [0.29, 0.717) is 0 Å². The quantitative estimate of drug-likeness (QED) is 0.667. The summed E-state index contributed by atoms with van der Waals surface area (Å²) in [7, 11) is 1.71. The zero-order valence-corrected chi connectivity index (χ0v) is 11.0. The molecule has 1 rings (SSSR count). The van der Waals surface area contributed by atoms with Crippen molar-refractivity contribution in [2.75, 3.05) is 20.3 Å². The smallest absolute Gasteiger partial charge is 0.126 e. The summed E-state index contributed by atoms with van der Waals surface area (Å²) in [5, 5.41) is 0. The second-order valence-corrected chi connectivity index (χ2v) is 3.99. The molecule has 0 fully saturated rings. The average molecular weight is 234 g/mol. The topological polar surface area (TPSA) is 18.5 Å². The third-order valence-electron chi connectivity index (χ3n) is 2.55. The van der Waals surface area contributed by atoms with Crippen LogP contribution in [0.4, 0.5) is 0 Å². The van der Waals surface area contributed by atoms with Crippen LogP contribution in [-0.4, -0.2) is 20.3 Å². The van der Waals surface area contributed by atoms with Crippen LogP contribution in [0.3, 0.4) is 0 Å². The van der Waals surface area contributed by atoms with Crippen LogP contribution in [0.5, 0.6) is 5.75 Å². The van der Waals surface area contributed by atoms with Gasteiger partial charge in [-0.3, -0.25) is 0 Å². The lowest BCUT2D eigenvalue weighted by atomic mass is 10.1. The molecule has 0 amide bonds. The third kappa shape index (κ3) is 5.05. The maximum absolute atomic E-state index is 5.32. The minimum Gasteiger partial charge on any atom is -0.496 e. The maximum atomic E-state index is 5.32. The van der Waals surface area contributed by atoms with Gasteiger partial charge in [-0.15, -0.1) is 0 Å². The number of hydrogen-bond acceptors (Lipinski definition) is 2. The molecule has 0 aromatic heterocycles. The van der Waals surface area contributed by atoms with Crippen LogP contribution in [-0.2, 0) is 4.74 Å². The minimum atomic E-state index is 0.801. The van der Waals surface area contributed by atoms with Gasteiger partial charge in [-0.25, -0.2) is 0 Å². The molecular weight excluding hydrogens is 212 g/mol. The molecule has 2 nitrogen and oxygen atoms in total. The molecule has 0 saturated heterocycles. The van der Waals surface area contributed by atoms with Crippen molar-refractivity contribution in [3.8, 4) is 5.75 Å². The van der Waals surface area contributed by atoms with Crippen LogP contribution >= 0.6 is 0 Å². The number of ether oxygens (including phenoxy) is 2. The van der Waals surface area contributed by atoms with Gasteiger partial charge in [0.05, 0.1) is 7.11 Å². The van der Waals surface area contributed by atoms with Gasteiger partial charge in [0.25, 0.3) is 0 Å². The first-order valence-electron chi connectivity index (χ1n) is 6.17. The molecule has 0 unspecified atom stereocenters. The Morgan fingerprint density at radius 3 is 2.82 bits per heavy atom. The van der Waals surface area contributed by atoms with Crippen LogP contribution in [0.2, 0.25) is 0 Å². The Bertz CT molecular complexity index is 356. The molecule has 0 aliphatic rings. The number of rotatable bonds is 7. The highest BCUT2D eigenvalue weighted by molar-refractivity contribution is 5.58. The summed E-state index contributed by atoms with van der Waals surface area (Å²) in [5.74, 6) is 0.927. The standard InChI is InChI=1S/C15H22O2/c1-4-17-11-7-5-6-8-14-12-13(2)9-10-15(14)16-3/h6,8-10,12H,4-5,7,11H2,1-3H3/b8-6+. The Morgan fingerprint density at radius 1 is 1.29 bits per heavy atom. The number of benzene rings is 1. The number of unbranched alkanes of at least 4 members (excludes halogenated alkanes) is 1.